The van der Waals surface area contributed by atoms with Crippen LogP contribution in [0.4, 0.5) is 11.4 Å². The molecule has 2 aromatic rings. The molecular weight excluding hydrogens is 296 g/mol. The van der Waals surface area contributed by atoms with Gasteiger partial charge in [0.15, 0.2) is 0 Å². The molecule has 0 aliphatic heterocycles. The molecule has 0 aromatic heterocycles. The fourth-order valence-corrected chi connectivity index (χ4v) is 2.16. The second-order valence-electron chi connectivity index (χ2n) is 5.01. The lowest BCUT2D eigenvalue weighted by atomic mass is 10.1. The Hall–Kier alpha value is -2.89. The minimum Gasteiger partial charge on any atom is -0.491 e. The standard InChI is InChI=1S/C17H18N2O4/c1-3-11-23-16-10-5-4-8-14(16)18-17(20)13-7-6-9-15(12(13)2)19(21)22/h4-10H,3,11H2,1-2H3,(H,18,20). The van der Waals surface area contributed by atoms with Crippen LogP contribution in [0.15, 0.2) is 42.5 Å². The van der Waals surface area contributed by atoms with E-state index in [2.05, 4.69) is 5.32 Å². The lowest BCUT2D eigenvalue weighted by molar-refractivity contribution is -0.385. The molecule has 0 atom stereocenters. The predicted molar refractivity (Wildman–Crippen MR) is 88.0 cm³/mol. The minimum atomic E-state index is -0.496. The molecule has 0 aliphatic carbocycles. The van der Waals surface area contributed by atoms with E-state index in [-0.39, 0.29) is 11.3 Å². The topological polar surface area (TPSA) is 81.5 Å². The van der Waals surface area contributed by atoms with Crippen LogP contribution in [0, 0.1) is 17.0 Å². The molecule has 0 bridgehead atoms. The number of ether oxygens (including phenoxy) is 1. The summed E-state index contributed by atoms with van der Waals surface area (Å²) in [5.74, 6) is 0.171. The summed E-state index contributed by atoms with van der Waals surface area (Å²) in [6.45, 7) is 4.10. The molecule has 23 heavy (non-hydrogen) atoms. The van der Waals surface area contributed by atoms with Gasteiger partial charge in [-0.3, -0.25) is 14.9 Å². The van der Waals surface area contributed by atoms with E-state index >= 15 is 0 Å². The summed E-state index contributed by atoms with van der Waals surface area (Å²) >= 11 is 0. The van der Waals surface area contributed by atoms with Gasteiger partial charge in [0.1, 0.15) is 5.75 Å². The zero-order chi connectivity index (χ0) is 16.8. The minimum absolute atomic E-state index is 0.0758. The molecule has 0 aliphatic rings. The summed E-state index contributed by atoms with van der Waals surface area (Å²) in [5, 5.41) is 13.7. The number of carbonyl (C=O) groups excluding carboxylic acids is 1. The average Bonchev–Trinajstić information content (AvgIpc) is 2.53. The van der Waals surface area contributed by atoms with E-state index in [1.807, 2.05) is 13.0 Å². The highest BCUT2D eigenvalue weighted by atomic mass is 16.6. The summed E-state index contributed by atoms with van der Waals surface area (Å²) in [5.41, 5.74) is 1.07. The van der Waals surface area contributed by atoms with Crippen LogP contribution >= 0.6 is 0 Å². The number of nitrogens with one attached hydrogen (secondary N) is 1. The zero-order valence-electron chi connectivity index (χ0n) is 13.0. The van der Waals surface area contributed by atoms with E-state index in [0.717, 1.165) is 6.42 Å². The van der Waals surface area contributed by atoms with Gasteiger partial charge in [-0.2, -0.15) is 0 Å². The average molecular weight is 314 g/mol. The molecule has 2 rings (SSSR count). The number of anilines is 1. The SMILES string of the molecule is CCCOc1ccccc1NC(=O)c1cccc([N+](=O)[O-])c1C. The van der Waals surface area contributed by atoms with E-state index in [4.69, 9.17) is 4.74 Å². The third-order valence-electron chi connectivity index (χ3n) is 3.34. The molecule has 0 radical (unpaired) electrons. The Kier molecular flexibility index (Phi) is 5.30. The molecule has 0 saturated heterocycles. The number of nitrogens with zero attached hydrogens (tertiary/aromatic N) is 1. The molecule has 0 heterocycles. The van der Waals surface area contributed by atoms with Crippen molar-refractivity contribution in [2.24, 2.45) is 0 Å². The number of hydrogen-bond donors (Lipinski definition) is 1. The monoisotopic (exact) mass is 314 g/mol. The van der Waals surface area contributed by atoms with Crippen LogP contribution < -0.4 is 10.1 Å². The second-order valence-corrected chi connectivity index (χ2v) is 5.01. The molecule has 0 saturated carbocycles. The van der Waals surface area contributed by atoms with Gasteiger partial charge in [0.05, 0.1) is 17.2 Å². The zero-order valence-corrected chi connectivity index (χ0v) is 13.0. The Bertz CT molecular complexity index is 728. The van der Waals surface area contributed by atoms with Gasteiger partial charge in [-0.15, -0.1) is 0 Å². The molecule has 6 heteroatoms. The van der Waals surface area contributed by atoms with Crippen molar-refractivity contribution in [1.29, 1.82) is 0 Å². The van der Waals surface area contributed by atoms with Crippen LogP contribution in [0.3, 0.4) is 0 Å². The van der Waals surface area contributed by atoms with Crippen molar-refractivity contribution in [2.45, 2.75) is 20.3 Å². The van der Waals surface area contributed by atoms with E-state index in [1.165, 1.54) is 12.1 Å². The Balaban J connectivity index is 2.27. The normalized spacial score (nSPS) is 10.2. The van der Waals surface area contributed by atoms with Crippen molar-refractivity contribution in [3.05, 3.63) is 63.7 Å². The molecule has 0 fully saturated rings. The van der Waals surface area contributed by atoms with Gasteiger partial charge in [0.2, 0.25) is 0 Å². The molecule has 1 N–H and O–H groups in total. The highest BCUT2D eigenvalue weighted by Gasteiger charge is 2.18. The largest absolute Gasteiger partial charge is 0.491 e. The molecule has 120 valence electrons. The van der Waals surface area contributed by atoms with Gasteiger partial charge >= 0.3 is 0 Å². The molecule has 0 unspecified atom stereocenters. The Morgan fingerprint density at radius 3 is 2.65 bits per heavy atom. The van der Waals surface area contributed by atoms with E-state index in [1.54, 1.807) is 31.2 Å². The summed E-state index contributed by atoms with van der Waals surface area (Å²) in [7, 11) is 0. The summed E-state index contributed by atoms with van der Waals surface area (Å²) in [6.07, 6.45) is 0.853. The Labute approximate surface area is 134 Å². The van der Waals surface area contributed by atoms with Gasteiger partial charge < -0.3 is 10.1 Å². The maximum absolute atomic E-state index is 12.4. The molecule has 6 nitrogen and oxygen atoms in total. The number of carbonyl (C=O) groups is 1. The second kappa shape index (κ2) is 7.40. The quantitative estimate of drug-likeness (QED) is 0.646. The lowest BCUT2D eigenvalue weighted by Crippen LogP contribution is -2.15. The lowest BCUT2D eigenvalue weighted by Gasteiger charge is -2.12. The Morgan fingerprint density at radius 1 is 1.22 bits per heavy atom. The van der Waals surface area contributed by atoms with Crippen LogP contribution in [0.25, 0.3) is 0 Å². The first-order valence-corrected chi connectivity index (χ1v) is 7.31. The van der Waals surface area contributed by atoms with Crippen molar-refractivity contribution in [2.75, 3.05) is 11.9 Å². The fraction of sp³-hybridized carbons (Fsp3) is 0.235. The third kappa shape index (κ3) is 3.85. The van der Waals surface area contributed by atoms with Crippen LogP contribution in [0.5, 0.6) is 5.75 Å². The first-order chi connectivity index (χ1) is 11.0. The van der Waals surface area contributed by atoms with Crippen LogP contribution in [-0.4, -0.2) is 17.4 Å². The van der Waals surface area contributed by atoms with E-state index < -0.39 is 10.8 Å². The number of para-hydroxylation sites is 2. The summed E-state index contributed by atoms with van der Waals surface area (Å²) in [6, 6.07) is 11.5. The molecular formula is C17H18N2O4. The van der Waals surface area contributed by atoms with E-state index in [0.29, 0.717) is 23.6 Å². The van der Waals surface area contributed by atoms with Gasteiger partial charge in [0.25, 0.3) is 11.6 Å². The number of nitro benzene ring substituents is 1. The highest BCUT2D eigenvalue weighted by Crippen LogP contribution is 2.26. The van der Waals surface area contributed by atoms with Crippen LogP contribution in [0.2, 0.25) is 0 Å². The smallest absolute Gasteiger partial charge is 0.273 e. The van der Waals surface area contributed by atoms with Crippen molar-refractivity contribution in [3.8, 4) is 5.75 Å². The fourth-order valence-electron chi connectivity index (χ4n) is 2.16. The first-order valence-electron chi connectivity index (χ1n) is 7.31. The van der Waals surface area contributed by atoms with Gasteiger partial charge in [-0.05, 0) is 31.5 Å². The van der Waals surface area contributed by atoms with Crippen LogP contribution in [0.1, 0.15) is 29.3 Å². The van der Waals surface area contributed by atoms with Crippen molar-refractivity contribution >= 4 is 17.3 Å². The van der Waals surface area contributed by atoms with Gasteiger partial charge in [-0.25, -0.2) is 0 Å². The van der Waals surface area contributed by atoms with Crippen molar-refractivity contribution in [1.82, 2.24) is 0 Å². The van der Waals surface area contributed by atoms with Gasteiger partial charge in [-0.1, -0.05) is 25.1 Å². The maximum atomic E-state index is 12.4. The number of hydrogen-bond acceptors (Lipinski definition) is 4. The Morgan fingerprint density at radius 2 is 1.96 bits per heavy atom. The number of nitro groups is 1. The number of amides is 1. The summed E-state index contributed by atoms with van der Waals surface area (Å²) < 4.78 is 5.59. The molecule has 2 aromatic carbocycles. The first kappa shape index (κ1) is 16.5. The summed E-state index contributed by atoms with van der Waals surface area (Å²) in [4.78, 5) is 22.9. The van der Waals surface area contributed by atoms with E-state index in [9.17, 15) is 14.9 Å². The highest BCUT2D eigenvalue weighted by molar-refractivity contribution is 6.06. The molecule has 1 amide bonds. The third-order valence-corrected chi connectivity index (χ3v) is 3.34. The molecule has 0 spiro atoms. The van der Waals surface area contributed by atoms with Crippen molar-refractivity contribution < 1.29 is 14.5 Å². The number of rotatable bonds is 6. The van der Waals surface area contributed by atoms with Gasteiger partial charge in [0, 0.05) is 17.2 Å². The van der Waals surface area contributed by atoms with Crippen molar-refractivity contribution in [3.63, 3.8) is 0 Å². The predicted octanol–water partition coefficient (Wildman–Crippen LogP) is 3.94. The number of benzene rings is 2. The van der Waals surface area contributed by atoms with Crippen LogP contribution in [-0.2, 0) is 0 Å². The maximum Gasteiger partial charge on any atom is 0.273 e.